The summed E-state index contributed by atoms with van der Waals surface area (Å²) in [4.78, 5) is 12.5. The van der Waals surface area contributed by atoms with Gasteiger partial charge in [-0.1, -0.05) is 38.3 Å². The van der Waals surface area contributed by atoms with Gasteiger partial charge in [0.25, 0.3) is 0 Å². The minimum Gasteiger partial charge on any atom is -0.493 e. The molecule has 2 rings (SSSR count). The molecule has 5 heteroatoms. The van der Waals surface area contributed by atoms with E-state index in [4.69, 9.17) is 9.47 Å². The van der Waals surface area contributed by atoms with Crippen LogP contribution in [0, 0.1) is 0 Å². The second-order valence-corrected chi connectivity index (χ2v) is 6.98. The van der Waals surface area contributed by atoms with Crippen molar-refractivity contribution >= 4 is 17.3 Å². The summed E-state index contributed by atoms with van der Waals surface area (Å²) in [5, 5.41) is 11.5. The molecule has 0 saturated carbocycles. The van der Waals surface area contributed by atoms with Crippen molar-refractivity contribution in [2.45, 2.75) is 44.9 Å². The quantitative estimate of drug-likeness (QED) is 0.563. The van der Waals surface area contributed by atoms with Gasteiger partial charge in [0.1, 0.15) is 0 Å². The summed E-state index contributed by atoms with van der Waals surface area (Å²) in [5.41, 5.74) is 0.935. The molecular weight excluding hydrogens is 336 g/mol. The molecule has 0 aliphatic carbocycles. The zero-order valence-electron chi connectivity index (χ0n) is 14.9. The van der Waals surface area contributed by atoms with Crippen molar-refractivity contribution in [1.29, 1.82) is 0 Å². The molecule has 1 atom stereocenters. The Labute approximate surface area is 153 Å². The fourth-order valence-corrected chi connectivity index (χ4v) is 3.53. The first kappa shape index (κ1) is 19.3. The maximum atomic E-state index is 11.6. The van der Waals surface area contributed by atoms with Crippen molar-refractivity contribution in [1.82, 2.24) is 0 Å². The molecule has 1 N–H and O–H groups in total. The van der Waals surface area contributed by atoms with Crippen LogP contribution in [-0.2, 0) is 11.2 Å². The van der Waals surface area contributed by atoms with Crippen molar-refractivity contribution < 1.29 is 19.4 Å². The van der Waals surface area contributed by atoms with Crippen LogP contribution in [-0.4, -0.2) is 24.8 Å². The maximum absolute atomic E-state index is 11.6. The third-order valence-corrected chi connectivity index (χ3v) is 5.09. The normalized spacial score (nSPS) is 11.9. The van der Waals surface area contributed by atoms with Crippen LogP contribution in [0.5, 0.6) is 11.5 Å². The van der Waals surface area contributed by atoms with Gasteiger partial charge in [-0.05, 0) is 42.0 Å². The second-order valence-electron chi connectivity index (χ2n) is 6.00. The third-order valence-electron chi connectivity index (χ3n) is 4.11. The van der Waals surface area contributed by atoms with E-state index >= 15 is 0 Å². The molecule has 4 nitrogen and oxygen atoms in total. The zero-order chi connectivity index (χ0) is 18.1. The van der Waals surface area contributed by atoms with Gasteiger partial charge < -0.3 is 14.6 Å². The van der Waals surface area contributed by atoms with Gasteiger partial charge in [0.05, 0.1) is 19.6 Å². The Hall–Kier alpha value is -2.01. The molecule has 1 aromatic heterocycles. The molecule has 1 unspecified atom stereocenters. The highest BCUT2D eigenvalue weighted by atomic mass is 32.1. The predicted octanol–water partition coefficient (Wildman–Crippen LogP) is 5.13. The highest BCUT2D eigenvalue weighted by Crippen LogP contribution is 2.32. The Bertz CT molecular complexity index is 652. The number of hydrogen-bond acceptors (Lipinski definition) is 4. The van der Waals surface area contributed by atoms with Crippen molar-refractivity contribution in [3.8, 4) is 11.5 Å². The van der Waals surface area contributed by atoms with Crippen LogP contribution in [0.15, 0.2) is 35.7 Å². The first-order valence-electron chi connectivity index (χ1n) is 8.71. The van der Waals surface area contributed by atoms with E-state index in [9.17, 15) is 9.90 Å². The largest absolute Gasteiger partial charge is 0.493 e. The smallest absolute Gasteiger partial charge is 0.312 e. The summed E-state index contributed by atoms with van der Waals surface area (Å²) in [6, 6.07) is 9.42. The Morgan fingerprint density at radius 1 is 1.20 bits per heavy atom. The number of hydrogen-bond donors (Lipinski definition) is 1. The van der Waals surface area contributed by atoms with Crippen LogP contribution in [0.4, 0.5) is 0 Å². The summed E-state index contributed by atoms with van der Waals surface area (Å²) < 4.78 is 11.2. The maximum Gasteiger partial charge on any atom is 0.312 e. The average molecular weight is 362 g/mol. The lowest BCUT2D eigenvalue weighted by atomic mass is 9.97. The van der Waals surface area contributed by atoms with Crippen LogP contribution >= 0.6 is 11.3 Å². The molecule has 0 fully saturated rings. The lowest BCUT2D eigenvalue weighted by molar-refractivity contribution is -0.138. The van der Waals surface area contributed by atoms with Gasteiger partial charge in [0.15, 0.2) is 11.5 Å². The molecular formula is C20H26O4S. The third kappa shape index (κ3) is 5.78. The van der Waals surface area contributed by atoms with Crippen LogP contribution < -0.4 is 9.47 Å². The summed E-state index contributed by atoms with van der Waals surface area (Å²) in [6.07, 6.45) is 5.00. The second kappa shape index (κ2) is 10.1. The number of ether oxygens (including phenoxy) is 2. The van der Waals surface area contributed by atoms with Gasteiger partial charge in [-0.3, -0.25) is 4.79 Å². The number of carboxylic acid groups (broad SMARTS) is 1. The van der Waals surface area contributed by atoms with E-state index in [-0.39, 0.29) is 0 Å². The van der Waals surface area contributed by atoms with Crippen molar-refractivity contribution in [3.63, 3.8) is 0 Å². The predicted molar refractivity (Wildman–Crippen MR) is 101 cm³/mol. The van der Waals surface area contributed by atoms with E-state index in [0.717, 1.165) is 23.3 Å². The number of carbonyl (C=O) groups is 1. The number of methoxy groups -OCH3 is 1. The Morgan fingerprint density at radius 2 is 2.04 bits per heavy atom. The molecule has 0 radical (unpaired) electrons. The summed E-state index contributed by atoms with van der Waals surface area (Å²) >= 11 is 1.48. The molecule has 0 spiro atoms. The lowest BCUT2D eigenvalue weighted by Crippen LogP contribution is -2.13. The molecule has 2 aromatic rings. The van der Waals surface area contributed by atoms with E-state index in [0.29, 0.717) is 24.5 Å². The van der Waals surface area contributed by atoms with Crippen LogP contribution in [0.2, 0.25) is 0 Å². The standard InChI is InChI=1S/C20H26O4S/c1-3-4-5-6-11-24-18-14-15(9-10-17(18)23-2)13-16(20(21)22)19-8-7-12-25-19/h7-10,12,14,16H,3-6,11,13H2,1-2H3,(H,21,22). The first-order valence-corrected chi connectivity index (χ1v) is 9.59. The number of carboxylic acids is 1. The average Bonchev–Trinajstić information content (AvgIpc) is 3.13. The topological polar surface area (TPSA) is 55.8 Å². The molecule has 0 amide bonds. The Balaban J connectivity index is 2.07. The summed E-state index contributed by atoms with van der Waals surface area (Å²) in [7, 11) is 1.62. The number of aliphatic carboxylic acids is 1. The molecule has 0 aliphatic rings. The summed E-state index contributed by atoms with van der Waals surface area (Å²) in [6.45, 7) is 2.83. The summed E-state index contributed by atoms with van der Waals surface area (Å²) in [5.74, 6) is 0.0279. The molecule has 25 heavy (non-hydrogen) atoms. The minimum absolute atomic E-state index is 0.437. The van der Waals surface area contributed by atoms with E-state index in [1.54, 1.807) is 7.11 Å². The molecule has 136 valence electrons. The van der Waals surface area contributed by atoms with Crippen LogP contribution in [0.3, 0.4) is 0 Å². The molecule has 1 heterocycles. The Kier molecular flexibility index (Phi) is 7.79. The van der Waals surface area contributed by atoms with E-state index in [1.165, 1.54) is 24.2 Å². The SMILES string of the molecule is CCCCCCOc1cc(CC(C(=O)O)c2cccs2)ccc1OC. The zero-order valence-corrected chi connectivity index (χ0v) is 15.7. The molecule has 0 bridgehead atoms. The number of benzene rings is 1. The molecule has 0 saturated heterocycles. The van der Waals surface area contributed by atoms with Crippen LogP contribution in [0.1, 0.15) is 49.0 Å². The molecule has 1 aromatic carbocycles. The van der Waals surface area contributed by atoms with Gasteiger partial charge in [-0.15, -0.1) is 11.3 Å². The van der Waals surface area contributed by atoms with Crippen molar-refractivity contribution in [2.75, 3.05) is 13.7 Å². The highest BCUT2D eigenvalue weighted by Gasteiger charge is 2.22. The van der Waals surface area contributed by atoms with Gasteiger partial charge >= 0.3 is 5.97 Å². The monoisotopic (exact) mass is 362 g/mol. The fourth-order valence-electron chi connectivity index (χ4n) is 2.71. The van der Waals surface area contributed by atoms with Crippen molar-refractivity contribution in [2.24, 2.45) is 0 Å². The first-order chi connectivity index (χ1) is 12.2. The molecule has 0 aliphatic heterocycles. The van der Waals surface area contributed by atoms with E-state index < -0.39 is 11.9 Å². The van der Waals surface area contributed by atoms with Crippen LogP contribution in [0.25, 0.3) is 0 Å². The number of unbranched alkanes of at least 4 members (excludes halogenated alkanes) is 3. The number of rotatable bonds is 11. The van der Waals surface area contributed by atoms with Gasteiger partial charge in [0.2, 0.25) is 0 Å². The van der Waals surface area contributed by atoms with Gasteiger partial charge in [0, 0.05) is 4.88 Å². The number of thiophene rings is 1. The van der Waals surface area contributed by atoms with Crippen molar-refractivity contribution in [3.05, 3.63) is 46.2 Å². The van der Waals surface area contributed by atoms with E-state index in [1.807, 2.05) is 35.7 Å². The highest BCUT2D eigenvalue weighted by molar-refractivity contribution is 7.10. The van der Waals surface area contributed by atoms with E-state index in [2.05, 4.69) is 6.92 Å². The minimum atomic E-state index is -0.805. The lowest BCUT2D eigenvalue weighted by Gasteiger charge is -2.15. The van der Waals surface area contributed by atoms with Gasteiger partial charge in [-0.2, -0.15) is 0 Å². The van der Waals surface area contributed by atoms with Gasteiger partial charge in [-0.25, -0.2) is 0 Å². The fraction of sp³-hybridized carbons (Fsp3) is 0.450. The Morgan fingerprint density at radius 3 is 2.68 bits per heavy atom.